The van der Waals surface area contributed by atoms with Crippen LogP contribution in [0.25, 0.3) is 10.9 Å². The van der Waals surface area contributed by atoms with Gasteiger partial charge in [-0.15, -0.1) is 0 Å². The smallest absolute Gasteiger partial charge is 0.239 e. The van der Waals surface area contributed by atoms with Gasteiger partial charge in [-0.3, -0.25) is 14.7 Å². The molecular formula is C16H22N4O2. The monoisotopic (exact) mass is 302 g/mol. The van der Waals surface area contributed by atoms with Crippen LogP contribution in [0.15, 0.2) is 24.3 Å². The molecule has 0 atom stereocenters. The maximum Gasteiger partial charge on any atom is 0.239 e. The molecule has 2 amide bonds. The predicted octanol–water partition coefficient (Wildman–Crippen LogP) is 1.48. The normalized spacial score (nSPS) is 10.9. The summed E-state index contributed by atoms with van der Waals surface area (Å²) in [6.07, 6.45) is 0.212. The Kier molecular flexibility index (Phi) is 5.14. The highest BCUT2D eigenvalue weighted by atomic mass is 16.2. The van der Waals surface area contributed by atoms with Crippen molar-refractivity contribution in [1.82, 2.24) is 20.4 Å². The predicted molar refractivity (Wildman–Crippen MR) is 85.3 cm³/mol. The first kappa shape index (κ1) is 16.0. The Labute approximate surface area is 129 Å². The summed E-state index contributed by atoms with van der Waals surface area (Å²) in [6.45, 7) is 6.24. The van der Waals surface area contributed by atoms with E-state index in [2.05, 4.69) is 15.5 Å². The molecule has 0 aliphatic rings. The van der Waals surface area contributed by atoms with E-state index in [0.717, 1.165) is 16.6 Å². The lowest BCUT2D eigenvalue weighted by molar-refractivity contribution is -0.135. The molecule has 6 nitrogen and oxygen atoms in total. The Balaban J connectivity index is 2.04. The Morgan fingerprint density at radius 1 is 1.32 bits per heavy atom. The van der Waals surface area contributed by atoms with Crippen molar-refractivity contribution in [2.24, 2.45) is 0 Å². The second-order valence-corrected chi connectivity index (χ2v) is 5.53. The molecular weight excluding hydrogens is 280 g/mol. The minimum Gasteiger partial charge on any atom is -0.352 e. The third-order valence-corrected chi connectivity index (χ3v) is 3.39. The average Bonchev–Trinajstić information content (AvgIpc) is 2.87. The Morgan fingerprint density at radius 2 is 2.05 bits per heavy atom. The topological polar surface area (TPSA) is 78.1 Å². The van der Waals surface area contributed by atoms with Gasteiger partial charge in [-0.1, -0.05) is 18.2 Å². The fourth-order valence-corrected chi connectivity index (χ4v) is 2.33. The van der Waals surface area contributed by atoms with Crippen molar-refractivity contribution in [3.8, 4) is 0 Å². The average molecular weight is 302 g/mol. The highest BCUT2D eigenvalue weighted by Gasteiger charge is 2.18. The largest absolute Gasteiger partial charge is 0.352 e. The van der Waals surface area contributed by atoms with Gasteiger partial charge < -0.3 is 10.2 Å². The van der Waals surface area contributed by atoms with E-state index >= 15 is 0 Å². The summed E-state index contributed by atoms with van der Waals surface area (Å²) in [5.41, 5.74) is 1.62. The van der Waals surface area contributed by atoms with Crippen LogP contribution >= 0.6 is 0 Å². The van der Waals surface area contributed by atoms with E-state index in [-0.39, 0.29) is 30.8 Å². The van der Waals surface area contributed by atoms with E-state index in [1.54, 1.807) is 4.90 Å². The molecule has 1 aromatic carbocycles. The number of amides is 2. The van der Waals surface area contributed by atoms with Gasteiger partial charge in [0.2, 0.25) is 11.8 Å². The summed E-state index contributed by atoms with van der Waals surface area (Å²) < 4.78 is 0. The molecule has 0 spiro atoms. The minimum absolute atomic E-state index is 0.0675. The van der Waals surface area contributed by atoms with Gasteiger partial charge in [-0.05, 0) is 26.8 Å². The lowest BCUT2D eigenvalue weighted by Gasteiger charge is -2.21. The number of fused-ring (bicyclic) bond motifs is 1. The number of para-hydroxylation sites is 1. The summed E-state index contributed by atoms with van der Waals surface area (Å²) in [4.78, 5) is 25.8. The number of likely N-dealkylation sites (N-methyl/N-ethyl adjacent to an activating group) is 1. The van der Waals surface area contributed by atoms with Crippen molar-refractivity contribution in [3.05, 3.63) is 30.0 Å². The number of nitrogens with one attached hydrogen (secondary N) is 2. The van der Waals surface area contributed by atoms with Crippen LogP contribution in [-0.2, 0) is 16.0 Å². The standard InChI is InChI=1S/C16H22N4O2/c1-4-20(10-15(21)17-11(2)3)16(22)9-14-12-7-5-6-8-13(12)18-19-14/h5-8,11H,4,9-10H2,1-3H3,(H,17,21)(H,18,19). The molecule has 22 heavy (non-hydrogen) atoms. The van der Waals surface area contributed by atoms with Crippen LogP contribution in [0.4, 0.5) is 0 Å². The maximum atomic E-state index is 12.4. The van der Waals surface area contributed by atoms with Crippen molar-refractivity contribution in [1.29, 1.82) is 0 Å². The van der Waals surface area contributed by atoms with Gasteiger partial charge >= 0.3 is 0 Å². The number of rotatable bonds is 6. The quantitative estimate of drug-likeness (QED) is 0.848. The van der Waals surface area contributed by atoms with Crippen LogP contribution in [0.2, 0.25) is 0 Å². The fourth-order valence-electron chi connectivity index (χ4n) is 2.33. The summed E-state index contributed by atoms with van der Waals surface area (Å²) in [6, 6.07) is 7.72. The summed E-state index contributed by atoms with van der Waals surface area (Å²) in [5, 5.41) is 10.8. The summed E-state index contributed by atoms with van der Waals surface area (Å²) in [5.74, 6) is -0.226. The Bertz CT molecular complexity index is 663. The highest BCUT2D eigenvalue weighted by Crippen LogP contribution is 2.16. The number of hydrogen-bond donors (Lipinski definition) is 2. The molecule has 1 aromatic heterocycles. The van der Waals surface area contributed by atoms with E-state index in [4.69, 9.17) is 0 Å². The second kappa shape index (κ2) is 7.06. The Morgan fingerprint density at radius 3 is 2.73 bits per heavy atom. The lowest BCUT2D eigenvalue weighted by Crippen LogP contribution is -2.43. The molecule has 0 unspecified atom stereocenters. The number of benzene rings is 1. The lowest BCUT2D eigenvalue weighted by atomic mass is 10.1. The molecule has 0 bridgehead atoms. The molecule has 0 aliphatic carbocycles. The van der Waals surface area contributed by atoms with E-state index in [1.807, 2.05) is 45.0 Å². The van der Waals surface area contributed by atoms with Crippen LogP contribution in [0.1, 0.15) is 26.5 Å². The zero-order chi connectivity index (χ0) is 16.1. The van der Waals surface area contributed by atoms with Crippen LogP contribution in [0, 0.1) is 0 Å². The number of carbonyl (C=O) groups excluding carboxylic acids is 2. The number of aromatic nitrogens is 2. The molecule has 2 N–H and O–H groups in total. The zero-order valence-corrected chi connectivity index (χ0v) is 13.2. The summed E-state index contributed by atoms with van der Waals surface area (Å²) in [7, 11) is 0. The van der Waals surface area contributed by atoms with E-state index in [0.29, 0.717) is 6.54 Å². The third kappa shape index (κ3) is 3.84. The molecule has 0 radical (unpaired) electrons. The van der Waals surface area contributed by atoms with Crippen molar-refractivity contribution in [2.75, 3.05) is 13.1 Å². The molecule has 6 heteroatoms. The van der Waals surface area contributed by atoms with Crippen LogP contribution in [-0.4, -0.2) is 46.0 Å². The number of H-pyrrole nitrogens is 1. The zero-order valence-electron chi connectivity index (χ0n) is 13.2. The molecule has 0 aliphatic heterocycles. The number of carbonyl (C=O) groups is 2. The van der Waals surface area contributed by atoms with Gasteiger partial charge in [0, 0.05) is 18.0 Å². The van der Waals surface area contributed by atoms with Gasteiger partial charge in [-0.25, -0.2) is 0 Å². The molecule has 2 aromatic rings. The van der Waals surface area contributed by atoms with Crippen LogP contribution in [0.3, 0.4) is 0 Å². The summed E-state index contributed by atoms with van der Waals surface area (Å²) >= 11 is 0. The van der Waals surface area contributed by atoms with Gasteiger partial charge in [0.25, 0.3) is 0 Å². The number of hydrogen-bond acceptors (Lipinski definition) is 3. The van der Waals surface area contributed by atoms with Crippen molar-refractivity contribution in [2.45, 2.75) is 33.2 Å². The van der Waals surface area contributed by atoms with Gasteiger partial charge in [0.1, 0.15) is 0 Å². The minimum atomic E-state index is -0.139. The van der Waals surface area contributed by atoms with Gasteiger partial charge in [-0.2, -0.15) is 5.10 Å². The first-order valence-electron chi connectivity index (χ1n) is 7.50. The Hall–Kier alpha value is -2.37. The van der Waals surface area contributed by atoms with E-state index in [9.17, 15) is 9.59 Å². The molecule has 0 fully saturated rings. The first-order chi connectivity index (χ1) is 10.5. The maximum absolute atomic E-state index is 12.4. The number of nitrogens with zero attached hydrogens (tertiary/aromatic N) is 2. The van der Waals surface area contributed by atoms with Crippen LogP contribution < -0.4 is 5.32 Å². The van der Waals surface area contributed by atoms with Crippen molar-refractivity contribution >= 4 is 22.7 Å². The van der Waals surface area contributed by atoms with Gasteiger partial charge in [0.05, 0.1) is 24.2 Å². The van der Waals surface area contributed by atoms with E-state index in [1.165, 1.54) is 0 Å². The molecule has 0 saturated carbocycles. The van der Waals surface area contributed by atoms with Crippen molar-refractivity contribution in [3.63, 3.8) is 0 Å². The van der Waals surface area contributed by atoms with Gasteiger partial charge in [0.15, 0.2) is 0 Å². The SMILES string of the molecule is CCN(CC(=O)NC(C)C)C(=O)Cc1[nH]nc2ccccc12. The highest BCUT2D eigenvalue weighted by molar-refractivity contribution is 5.89. The second-order valence-electron chi connectivity index (χ2n) is 5.53. The van der Waals surface area contributed by atoms with E-state index < -0.39 is 0 Å². The molecule has 118 valence electrons. The fraction of sp³-hybridized carbons (Fsp3) is 0.438. The van der Waals surface area contributed by atoms with Crippen molar-refractivity contribution < 1.29 is 9.59 Å². The molecule has 2 rings (SSSR count). The molecule has 1 heterocycles. The molecule has 0 saturated heterocycles. The number of aromatic amines is 1. The van der Waals surface area contributed by atoms with Crippen LogP contribution in [0.5, 0.6) is 0 Å². The third-order valence-electron chi connectivity index (χ3n) is 3.39. The first-order valence-corrected chi connectivity index (χ1v) is 7.50.